The van der Waals surface area contributed by atoms with Gasteiger partial charge in [-0.2, -0.15) is 0 Å². The van der Waals surface area contributed by atoms with Crippen LogP contribution >= 0.6 is 0 Å². The van der Waals surface area contributed by atoms with Crippen LogP contribution in [0.1, 0.15) is 21.7 Å². The van der Waals surface area contributed by atoms with E-state index in [1.807, 2.05) is 0 Å². The summed E-state index contributed by atoms with van der Waals surface area (Å²) in [6.45, 7) is 0.624. The summed E-state index contributed by atoms with van der Waals surface area (Å²) in [4.78, 5) is 23.7. The molecule has 100 valence electrons. The molecule has 0 aliphatic carbocycles. The third-order valence-electron chi connectivity index (χ3n) is 2.40. The van der Waals surface area contributed by atoms with Crippen molar-refractivity contribution < 1.29 is 4.79 Å². The quantitative estimate of drug-likeness (QED) is 0.770. The molecule has 0 fully saturated rings. The van der Waals surface area contributed by atoms with Crippen LogP contribution in [0.3, 0.4) is 0 Å². The first-order chi connectivity index (χ1) is 9.79. The van der Waals surface area contributed by atoms with Gasteiger partial charge in [-0.15, -0.1) is 0 Å². The Morgan fingerprint density at radius 2 is 2.20 bits per heavy atom. The van der Waals surface area contributed by atoms with Gasteiger partial charge < -0.3 is 11.1 Å². The molecular formula is C14H13N5O. The van der Waals surface area contributed by atoms with Crippen LogP contribution in [0.5, 0.6) is 0 Å². The van der Waals surface area contributed by atoms with Crippen molar-refractivity contribution in [2.75, 3.05) is 6.54 Å². The van der Waals surface area contributed by atoms with Gasteiger partial charge in [0.05, 0.1) is 18.8 Å². The van der Waals surface area contributed by atoms with E-state index < -0.39 is 0 Å². The molecule has 2 heterocycles. The summed E-state index contributed by atoms with van der Waals surface area (Å²) in [7, 11) is 0. The van der Waals surface area contributed by atoms with Crippen LogP contribution in [0.2, 0.25) is 0 Å². The van der Waals surface area contributed by atoms with Crippen molar-refractivity contribution in [3.05, 3.63) is 53.9 Å². The van der Waals surface area contributed by atoms with Crippen molar-refractivity contribution >= 4 is 5.91 Å². The normalized spacial score (nSPS) is 9.45. The number of nitrogens with one attached hydrogen (secondary N) is 1. The van der Waals surface area contributed by atoms with Gasteiger partial charge in [-0.3, -0.25) is 4.79 Å². The molecule has 0 unspecified atom stereocenters. The van der Waals surface area contributed by atoms with E-state index in [2.05, 4.69) is 32.1 Å². The summed E-state index contributed by atoms with van der Waals surface area (Å²) >= 11 is 0. The smallest absolute Gasteiger partial charge is 0.270 e. The number of aromatic nitrogens is 3. The molecule has 0 radical (unpaired) electrons. The molecule has 0 aliphatic heterocycles. The van der Waals surface area contributed by atoms with Crippen LogP contribution in [0.15, 0.2) is 36.9 Å². The molecule has 0 bridgehead atoms. The third-order valence-corrected chi connectivity index (χ3v) is 2.40. The summed E-state index contributed by atoms with van der Waals surface area (Å²) in [6.07, 6.45) is 4.60. The molecular weight excluding hydrogens is 254 g/mol. The predicted molar refractivity (Wildman–Crippen MR) is 73.4 cm³/mol. The zero-order chi connectivity index (χ0) is 14.2. The van der Waals surface area contributed by atoms with E-state index in [4.69, 9.17) is 5.73 Å². The lowest BCUT2D eigenvalue weighted by Crippen LogP contribution is -2.24. The minimum absolute atomic E-state index is 0.262. The van der Waals surface area contributed by atoms with Crippen LogP contribution < -0.4 is 11.1 Å². The zero-order valence-electron chi connectivity index (χ0n) is 10.7. The van der Waals surface area contributed by atoms with E-state index in [-0.39, 0.29) is 5.91 Å². The summed E-state index contributed by atoms with van der Waals surface area (Å²) < 4.78 is 0. The number of carbonyl (C=O) groups excluding carboxylic acids is 1. The fraction of sp³-hybridized carbons (Fsp3) is 0.143. The number of nitrogens with zero attached hydrogens (tertiary/aromatic N) is 3. The number of hydrogen-bond donors (Lipinski definition) is 2. The highest BCUT2D eigenvalue weighted by atomic mass is 16.1. The van der Waals surface area contributed by atoms with Gasteiger partial charge in [0.1, 0.15) is 12.0 Å². The van der Waals surface area contributed by atoms with Crippen LogP contribution in [-0.4, -0.2) is 27.4 Å². The van der Waals surface area contributed by atoms with Crippen molar-refractivity contribution in [3.8, 4) is 11.8 Å². The van der Waals surface area contributed by atoms with Gasteiger partial charge in [0, 0.05) is 18.0 Å². The Morgan fingerprint density at radius 3 is 2.85 bits per heavy atom. The van der Waals surface area contributed by atoms with Crippen LogP contribution in [0, 0.1) is 11.8 Å². The van der Waals surface area contributed by atoms with Gasteiger partial charge in [0.15, 0.2) is 0 Å². The molecule has 0 spiro atoms. The maximum Gasteiger partial charge on any atom is 0.270 e. The van der Waals surface area contributed by atoms with E-state index >= 15 is 0 Å². The number of nitrogens with two attached hydrogens (primary N) is 1. The maximum absolute atomic E-state index is 11.9. The van der Waals surface area contributed by atoms with Crippen molar-refractivity contribution in [3.63, 3.8) is 0 Å². The summed E-state index contributed by atoms with van der Waals surface area (Å²) in [5.41, 5.74) is 7.07. The Balaban J connectivity index is 1.96. The third kappa shape index (κ3) is 3.86. The topological polar surface area (TPSA) is 93.8 Å². The number of pyridine rings is 1. The molecule has 6 nitrogen and oxygen atoms in total. The van der Waals surface area contributed by atoms with E-state index in [0.29, 0.717) is 18.8 Å². The van der Waals surface area contributed by atoms with Crippen molar-refractivity contribution in [1.82, 2.24) is 20.3 Å². The first-order valence-corrected chi connectivity index (χ1v) is 5.97. The average Bonchev–Trinajstić information content (AvgIpc) is 2.52. The Morgan fingerprint density at radius 1 is 1.30 bits per heavy atom. The molecule has 20 heavy (non-hydrogen) atoms. The van der Waals surface area contributed by atoms with E-state index in [1.165, 1.54) is 6.33 Å². The Hall–Kier alpha value is -2.78. The lowest BCUT2D eigenvalue weighted by molar-refractivity contribution is 0.0945. The summed E-state index contributed by atoms with van der Waals surface area (Å²) in [5.74, 6) is 5.30. The van der Waals surface area contributed by atoms with Crippen LogP contribution in [0.4, 0.5) is 0 Å². The van der Waals surface area contributed by atoms with Crippen LogP contribution in [-0.2, 0) is 6.54 Å². The first kappa shape index (κ1) is 13.6. The largest absolute Gasteiger partial charge is 0.345 e. The second-order valence-electron chi connectivity index (χ2n) is 3.82. The number of hydrogen-bond acceptors (Lipinski definition) is 5. The molecule has 2 aromatic heterocycles. The summed E-state index contributed by atoms with van der Waals surface area (Å²) in [6, 6.07) is 5.09. The van der Waals surface area contributed by atoms with E-state index in [1.54, 1.807) is 30.6 Å². The SMILES string of the molecule is NCC#Cc1ccc(C(=O)NCc2ccncn2)nc1. The highest BCUT2D eigenvalue weighted by Crippen LogP contribution is 1.99. The molecule has 0 saturated heterocycles. The predicted octanol–water partition coefficient (Wildman–Crippen LogP) is 0.112. The Bertz CT molecular complexity index is 628. The molecule has 2 aromatic rings. The fourth-order valence-corrected chi connectivity index (χ4v) is 1.44. The standard InChI is InChI=1S/C14H13N5O/c15-6-1-2-11-3-4-13(17-8-11)14(20)18-9-12-5-7-16-10-19-12/h3-5,7-8,10H,6,9,15H2,(H,18,20). The van der Waals surface area contributed by atoms with Gasteiger partial charge in [0.2, 0.25) is 0 Å². The Labute approximate surface area is 116 Å². The van der Waals surface area contributed by atoms with Gasteiger partial charge in [-0.25, -0.2) is 15.0 Å². The Kier molecular flexibility index (Phi) is 4.76. The fourth-order valence-electron chi connectivity index (χ4n) is 1.44. The highest BCUT2D eigenvalue weighted by Gasteiger charge is 2.06. The molecule has 0 saturated carbocycles. The van der Waals surface area contributed by atoms with Crippen molar-refractivity contribution in [1.29, 1.82) is 0 Å². The van der Waals surface area contributed by atoms with Crippen molar-refractivity contribution in [2.24, 2.45) is 5.73 Å². The average molecular weight is 267 g/mol. The van der Waals surface area contributed by atoms with Crippen molar-refractivity contribution in [2.45, 2.75) is 6.54 Å². The van der Waals surface area contributed by atoms with Gasteiger partial charge >= 0.3 is 0 Å². The van der Waals surface area contributed by atoms with Gasteiger partial charge in [0.25, 0.3) is 5.91 Å². The van der Waals surface area contributed by atoms with Crippen LogP contribution in [0.25, 0.3) is 0 Å². The molecule has 1 amide bonds. The minimum atomic E-state index is -0.262. The summed E-state index contributed by atoms with van der Waals surface area (Å²) in [5, 5.41) is 2.73. The second-order valence-corrected chi connectivity index (χ2v) is 3.82. The number of carbonyl (C=O) groups is 1. The van der Waals surface area contributed by atoms with E-state index in [9.17, 15) is 4.79 Å². The second kappa shape index (κ2) is 6.97. The maximum atomic E-state index is 11.9. The van der Waals surface area contributed by atoms with Gasteiger partial charge in [-0.05, 0) is 18.2 Å². The first-order valence-electron chi connectivity index (χ1n) is 5.97. The highest BCUT2D eigenvalue weighted by molar-refractivity contribution is 5.92. The zero-order valence-corrected chi connectivity index (χ0v) is 10.7. The van der Waals surface area contributed by atoms with Gasteiger partial charge in [-0.1, -0.05) is 11.8 Å². The van der Waals surface area contributed by atoms with E-state index in [0.717, 1.165) is 11.3 Å². The minimum Gasteiger partial charge on any atom is -0.345 e. The lowest BCUT2D eigenvalue weighted by Gasteiger charge is -2.03. The molecule has 0 aliphatic rings. The molecule has 0 aromatic carbocycles. The molecule has 0 atom stereocenters. The lowest BCUT2D eigenvalue weighted by atomic mass is 10.2. The molecule has 2 rings (SSSR count). The number of rotatable bonds is 3. The molecule has 6 heteroatoms. The monoisotopic (exact) mass is 267 g/mol. The number of amides is 1. The molecule has 3 N–H and O–H groups in total.